The molecule has 1 amide bonds. The number of amides is 1. The van der Waals surface area contributed by atoms with Gasteiger partial charge in [0.25, 0.3) is 5.91 Å². The number of hydrogen-bond donors (Lipinski definition) is 1. The second-order valence-electron chi connectivity index (χ2n) is 6.62. The highest BCUT2D eigenvalue weighted by molar-refractivity contribution is 7.99. The monoisotopic (exact) mass is 437 g/mol. The van der Waals surface area contributed by atoms with Gasteiger partial charge in [-0.05, 0) is 48.9 Å². The molecule has 1 N–H and O–H groups in total. The lowest BCUT2D eigenvalue weighted by Gasteiger charge is -2.16. The summed E-state index contributed by atoms with van der Waals surface area (Å²) in [6.45, 7) is 3.89. The van der Waals surface area contributed by atoms with Gasteiger partial charge in [0, 0.05) is 16.3 Å². The van der Waals surface area contributed by atoms with E-state index in [0.29, 0.717) is 10.6 Å². The van der Waals surface area contributed by atoms with Crippen molar-refractivity contribution in [1.29, 1.82) is 0 Å². The predicted molar refractivity (Wildman–Crippen MR) is 109 cm³/mol. The van der Waals surface area contributed by atoms with Crippen LogP contribution in [-0.4, -0.2) is 20.9 Å². The first-order valence-electron chi connectivity index (χ1n) is 9.18. The van der Waals surface area contributed by atoms with Crippen LogP contribution in [0, 0.1) is 5.82 Å². The standard InChI is InChI=1S/C21H19F4N3OS/c1-3-13(2)30-16-7-8-18(17(12-16)21(23,24)25)26-20(29)19-9-10-28(27-19)15-6-4-5-14(22)11-15/h4-13H,3H2,1-2H3,(H,26,29)/t13-/m0/s1. The molecule has 3 rings (SSSR count). The van der Waals surface area contributed by atoms with Gasteiger partial charge in [0.15, 0.2) is 5.69 Å². The fourth-order valence-corrected chi connectivity index (χ4v) is 3.61. The Morgan fingerprint density at radius 2 is 1.97 bits per heavy atom. The van der Waals surface area contributed by atoms with Gasteiger partial charge in [0.1, 0.15) is 5.82 Å². The van der Waals surface area contributed by atoms with Crippen molar-refractivity contribution in [2.45, 2.75) is 36.6 Å². The molecule has 0 aliphatic carbocycles. The average molecular weight is 437 g/mol. The molecule has 0 bridgehead atoms. The normalized spacial score (nSPS) is 12.6. The molecule has 0 aliphatic rings. The van der Waals surface area contributed by atoms with E-state index in [0.717, 1.165) is 12.5 Å². The van der Waals surface area contributed by atoms with Crippen molar-refractivity contribution >= 4 is 23.4 Å². The first kappa shape index (κ1) is 21.9. The van der Waals surface area contributed by atoms with Crippen LogP contribution in [0.4, 0.5) is 23.2 Å². The molecule has 158 valence electrons. The number of benzene rings is 2. The maximum atomic E-state index is 13.5. The number of carbonyl (C=O) groups excluding carboxylic acids is 1. The second-order valence-corrected chi connectivity index (χ2v) is 8.13. The van der Waals surface area contributed by atoms with Crippen molar-refractivity contribution in [3.05, 3.63) is 71.8 Å². The van der Waals surface area contributed by atoms with Gasteiger partial charge in [-0.15, -0.1) is 11.8 Å². The third-order valence-corrected chi connectivity index (χ3v) is 5.61. The van der Waals surface area contributed by atoms with Crippen LogP contribution in [0.15, 0.2) is 59.6 Å². The summed E-state index contributed by atoms with van der Waals surface area (Å²) in [4.78, 5) is 13.0. The first-order chi connectivity index (χ1) is 14.2. The van der Waals surface area contributed by atoms with Gasteiger partial charge in [-0.2, -0.15) is 18.3 Å². The van der Waals surface area contributed by atoms with Crippen molar-refractivity contribution in [2.75, 3.05) is 5.32 Å². The fourth-order valence-electron chi connectivity index (χ4n) is 2.65. The van der Waals surface area contributed by atoms with E-state index in [-0.39, 0.29) is 16.6 Å². The van der Waals surface area contributed by atoms with Crippen LogP contribution in [0.25, 0.3) is 5.69 Å². The summed E-state index contributed by atoms with van der Waals surface area (Å²) in [6, 6.07) is 10.8. The molecule has 1 atom stereocenters. The van der Waals surface area contributed by atoms with E-state index in [2.05, 4.69) is 10.4 Å². The lowest BCUT2D eigenvalue weighted by molar-refractivity contribution is -0.137. The molecule has 9 heteroatoms. The Hall–Kier alpha value is -2.81. The average Bonchev–Trinajstić information content (AvgIpc) is 3.18. The van der Waals surface area contributed by atoms with Gasteiger partial charge < -0.3 is 5.32 Å². The van der Waals surface area contributed by atoms with Crippen molar-refractivity contribution < 1.29 is 22.4 Å². The Balaban J connectivity index is 1.84. The van der Waals surface area contributed by atoms with Crippen molar-refractivity contribution in [3.63, 3.8) is 0 Å². The van der Waals surface area contributed by atoms with Crippen molar-refractivity contribution in [2.24, 2.45) is 0 Å². The summed E-state index contributed by atoms with van der Waals surface area (Å²) in [6.07, 6.45) is -2.38. The highest BCUT2D eigenvalue weighted by atomic mass is 32.2. The van der Waals surface area contributed by atoms with Crippen LogP contribution >= 0.6 is 11.8 Å². The van der Waals surface area contributed by atoms with Gasteiger partial charge in [-0.1, -0.05) is 19.9 Å². The van der Waals surface area contributed by atoms with Crippen LogP contribution in [0.5, 0.6) is 0 Å². The zero-order valence-corrected chi connectivity index (χ0v) is 17.0. The highest BCUT2D eigenvalue weighted by Crippen LogP contribution is 2.38. The summed E-state index contributed by atoms with van der Waals surface area (Å²) in [5.41, 5.74) is -0.975. The minimum absolute atomic E-state index is 0.0922. The van der Waals surface area contributed by atoms with Crippen LogP contribution < -0.4 is 5.32 Å². The maximum Gasteiger partial charge on any atom is 0.418 e. The molecule has 30 heavy (non-hydrogen) atoms. The van der Waals surface area contributed by atoms with Gasteiger partial charge in [0.05, 0.1) is 16.9 Å². The van der Waals surface area contributed by atoms with E-state index >= 15 is 0 Å². The number of halogens is 4. The minimum Gasteiger partial charge on any atom is -0.320 e. The molecule has 0 spiro atoms. The third kappa shape index (κ3) is 5.21. The summed E-state index contributed by atoms with van der Waals surface area (Å²) >= 11 is 1.34. The van der Waals surface area contributed by atoms with Crippen LogP contribution in [0.1, 0.15) is 36.3 Å². The lowest BCUT2D eigenvalue weighted by Crippen LogP contribution is -2.17. The molecule has 0 aliphatic heterocycles. The quantitative estimate of drug-likeness (QED) is 0.370. The number of nitrogens with zero attached hydrogens (tertiary/aromatic N) is 2. The first-order valence-corrected chi connectivity index (χ1v) is 10.1. The Morgan fingerprint density at radius 1 is 1.20 bits per heavy atom. The predicted octanol–water partition coefficient (Wildman–Crippen LogP) is 6.17. The molecule has 0 radical (unpaired) electrons. The summed E-state index contributed by atoms with van der Waals surface area (Å²) < 4.78 is 55.3. The maximum absolute atomic E-state index is 13.5. The molecular formula is C21H19F4N3OS. The van der Waals surface area contributed by atoms with E-state index < -0.39 is 23.5 Å². The van der Waals surface area contributed by atoms with Gasteiger partial charge >= 0.3 is 6.18 Å². The topological polar surface area (TPSA) is 46.9 Å². The molecular weight excluding hydrogens is 418 g/mol. The Bertz CT molecular complexity index is 1050. The van der Waals surface area contributed by atoms with E-state index in [1.54, 1.807) is 12.1 Å². The molecule has 3 aromatic rings. The Morgan fingerprint density at radius 3 is 2.63 bits per heavy atom. The third-order valence-electron chi connectivity index (χ3n) is 4.35. The highest BCUT2D eigenvalue weighted by Gasteiger charge is 2.34. The lowest BCUT2D eigenvalue weighted by atomic mass is 10.1. The number of carbonyl (C=O) groups is 1. The zero-order valence-electron chi connectivity index (χ0n) is 16.2. The molecule has 0 saturated carbocycles. The van der Waals surface area contributed by atoms with Gasteiger partial charge in [0.2, 0.25) is 0 Å². The summed E-state index contributed by atoms with van der Waals surface area (Å²) in [5.74, 6) is -1.27. The molecule has 0 saturated heterocycles. The van der Waals surface area contributed by atoms with Gasteiger partial charge in [-0.25, -0.2) is 9.07 Å². The van der Waals surface area contributed by atoms with Crippen LogP contribution in [-0.2, 0) is 6.18 Å². The Kier molecular flexibility index (Phi) is 6.50. The second kappa shape index (κ2) is 8.91. The van der Waals surface area contributed by atoms with Crippen LogP contribution in [0.3, 0.4) is 0 Å². The Labute approximate surface area is 175 Å². The summed E-state index contributed by atoms with van der Waals surface area (Å²) in [5, 5.41) is 6.48. The number of alkyl halides is 3. The molecule has 1 heterocycles. The van der Waals surface area contributed by atoms with Crippen molar-refractivity contribution in [1.82, 2.24) is 9.78 Å². The molecule has 2 aromatic carbocycles. The largest absolute Gasteiger partial charge is 0.418 e. The van der Waals surface area contributed by atoms with Gasteiger partial charge in [-0.3, -0.25) is 4.79 Å². The zero-order chi connectivity index (χ0) is 21.9. The SMILES string of the molecule is CC[C@H](C)Sc1ccc(NC(=O)c2ccn(-c3cccc(F)c3)n2)c(C(F)(F)F)c1. The van der Waals surface area contributed by atoms with E-state index in [9.17, 15) is 22.4 Å². The van der Waals surface area contributed by atoms with Crippen LogP contribution in [0.2, 0.25) is 0 Å². The van der Waals surface area contributed by atoms with E-state index in [1.807, 2.05) is 13.8 Å². The van der Waals surface area contributed by atoms with E-state index in [1.165, 1.54) is 53.0 Å². The molecule has 4 nitrogen and oxygen atoms in total. The smallest absolute Gasteiger partial charge is 0.320 e. The number of nitrogens with one attached hydrogen (secondary N) is 1. The number of rotatable bonds is 6. The fraction of sp³-hybridized carbons (Fsp3) is 0.238. The number of thioether (sulfide) groups is 1. The molecule has 1 aromatic heterocycles. The van der Waals surface area contributed by atoms with Crippen molar-refractivity contribution in [3.8, 4) is 5.69 Å². The van der Waals surface area contributed by atoms with E-state index in [4.69, 9.17) is 0 Å². The minimum atomic E-state index is -4.63. The molecule has 0 fully saturated rings. The number of aromatic nitrogens is 2. The number of anilines is 1. The summed E-state index contributed by atoms with van der Waals surface area (Å²) in [7, 11) is 0. The molecule has 0 unspecified atom stereocenters. The number of hydrogen-bond acceptors (Lipinski definition) is 3.